The lowest BCUT2D eigenvalue weighted by Crippen LogP contribution is -2.49. The number of anilines is 1. The Morgan fingerprint density at radius 2 is 1.84 bits per heavy atom. The predicted octanol–water partition coefficient (Wildman–Crippen LogP) is 1.72. The highest BCUT2D eigenvalue weighted by atomic mass is 19.4. The van der Waals surface area contributed by atoms with Crippen LogP contribution >= 0.6 is 0 Å². The molecule has 0 aromatic carbocycles. The minimum absolute atomic E-state index is 0.0118. The Bertz CT molecular complexity index is 985. The number of aromatic nitrogens is 3. The molecule has 168 valence electrons. The summed E-state index contributed by atoms with van der Waals surface area (Å²) in [4.78, 5) is 46.3. The summed E-state index contributed by atoms with van der Waals surface area (Å²) in [6, 6.07) is 3.72. The molecule has 0 radical (unpaired) electrons. The van der Waals surface area contributed by atoms with E-state index < -0.39 is 11.9 Å². The van der Waals surface area contributed by atoms with Gasteiger partial charge in [-0.25, -0.2) is 9.97 Å². The van der Waals surface area contributed by atoms with Crippen LogP contribution in [0.4, 0.5) is 19.1 Å². The number of pyridine rings is 1. The molecular formula is C19H22F3N5O4. The number of H-pyrrole nitrogens is 1. The lowest BCUT2D eigenvalue weighted by Gasteiger charge is -2.35. The lowest BCUT2D eigenvalue weighted by molar-refractivity contribution is -0.141. The number of hydrogen-bond acceptors (Lipinski definition) is 6. The van der Waals surface area contributed by atoms with Crippen LogP contribution in [0.15, 0.2) is 23.0 Å². The maximum Gasteiger partial charge on any atom is 0.433 e. The van der Waals surface area contributed by atoms with Crippen LogP contribution in [-0.4, -0.2) is 63.5 Å². The van der Waals surface area contributed by atoms with Gasteiger partial charge in [-0.3, -0.25) is 14.4 Å². The molecule has 0 atom stereocenters. The monoisotopic (exact) mass is 441 g/mol. The van der Waals surface area contributed by atoms with E-state index >= 15 is 0 Å². The molecule has 9 nitrogen and oxygen atoms in total. The summed E-state index contributed by atoms with van der Waals surface area (Å²) >= 11 is 0. The first-order valence-corrected chi connectivity index (χ1v) is 9.37. The van der Waals surface area contributed by atoms with Crippen molar-refractivity contribution in [1.82, 2.24) is 19.9 Å². The van der Waals surface area contributed by atoms with E-state index in [0.29, 0.717) is 43.9 Å². The number of hydrogen-bond donors (Lipinski definition) is 2. The van der Waals surface area contributed by atoms with E-state index in [-0.39, 0.29) is 29.6 Å². The normalized spacial score (nSPS) is 14.0. The van der Waals surface area contributed by atoms with Crippen LogP contribution < -0.4 is 10.5 Å². The summed E-state index contributed by atoms with van der Waals surface area (Å²) in [5.74, 6) is -0.202. The van der Waals surface area contributed by atoms with Crippen LogP contribution in [0.2, 0.25) is 0 Å². The predicted molar refractivity (Wildman–Crippen MR) is 105 cm³/mol. The molecule has 1 fully saturated rings. The number of carboxylic acid groups (broad SMARTS) is 1. The molecule has 2 aromatic heterocycles. The highest BCUT2D eigenvalue weighted by Gasteiger charge is 2.34. The first-order valence-electron chi connectivity index (χ1n) is 9.37. The second kappa shape index (κ2) is 10.0. The minimum atomic E-state index is -4.54. The zero-order valence-electron chi connectivity index (χ0n) is 16.9. The van der Waals surface area contributed by atoms with Crippen molar-refractivity contribution in [2.24, 2.45) is 0 Å². The number of amides is 1. The summed E-state index contributed by atoms with van der Waals surface area (Å²) < 4.78 is 39.0. The molecule has 31 heavy (non-hydrogen) atoms. The molecule has 0 bridgehead atoms. The zero-order valence-corrected chi connectivity index (χ0v) is 16.9. The fraction of sp³-hybridized carbons (Fsp3) is 0.421. The molecule has 3 heterocycles. The molecule has 0 unspecified atom stereocenters. The molecule has 2 aromatic rings. The van der Waals surface area contributed by atoms with Crippen molar-refractivity contribution in [2.45, 2.75) is 26.4 Å². The van der Waals surface area contributed by atoms with Crippen molar-refractivity contribution >= 4 is 18.3 Å². The van der Waals surface area contributed by atoms with E-state index in [2.05, 4.69) is 15.0 Å². The first-order chi connectivity index (χ1) is 14.6. The Morgan fingerprint density at radius 1 is 1.23 bits per heavy atom. The van der Waals surface area contributed by atoms with Gasteiger partial charge in [-0.1, -0.05) is 6.92 Å². The Labute approximate surface area is 175 Å². The van der Waals surface area contributed by atoms with E-state index in [4.69, 9.17) is 9.90 Å². The number of aromatic amines is 1. The van der Waals surface area contributed by atoms with Gasteiger partial charge in [-0.2, -0.15) is 13.2 Å². The minimum Gasteiger partial charge on any atom is -0.483 e. The number of halogens is 3. The van der Waals surface area contributed by atoms with Gasteiger partial charge in [0.05, 0.1) is 5.56 Å². The maximum absolute atomic E-state index is 13.0. The lowest BCUT2D eigenvalue weighted by atomic mass is 10.1. The molecule has 0 saturated carbocycles. The molecule has 1 aliphatic heterocycles. The van der Waals surface area contributed by atoms with Gasteiger partial charge in [0.15, 0.2) is 0 Å². The van der Waals surface area contributed by atoms with Crippen molar-refractivity contribution in [3.05, 3.63) is 51.2 Å². The fourth-order valence-electron chi connectivity index (χ4n) is 3.12. The van der Waals surface area contributed by atoms with Gasteiger partial charge in [0.1, 0.15) is 5.69 Å². The SMILES string of the molecule is CCc1[nH]c(=O)ccc1C(=O)N1CCN(c2nc(C)cc(C(F)(F)F)n2)CC1.O=CO. The third kappa shape index (κ3) is 6.03. The first kappa shape index (κ1) is 23.8. The topological polar surface area (TPSA) is 119 Å². The summed E-state index contributed by atoms with van der Waals surface area (Å²) in [5, 5.41) is 6.89. The van der Waals surface area contributed by atoms with E-state index in [1.807, 2.05) is 6.92 Å². The number of rotatable bonds is 3. The molecular weight excluding hydrogens is 419 g/mol. The molecule has 2 N–H and O–H groups in total. The highest BCUT2D eigenvalue weighted by Crippen LogP contribution is 2.29. The molecule has 1 saturated heterocycles. The molecule has 3 rings (SSSR count). The van der Waals surface area contributed by atoms with Crippen LogP contribution in [0.25, 0.3) is 0 Å². The smallest absolute Gasteiger partial charge is 0.433 e. The largest absolute Gasteiger partial charge is 0.483 e. The standard InChI is InChI=1S/C18H20F3N5O2.CH2O2/c1-3-13-12(4-5-15(27)23-13)16(28)25-6-8-26(9-7-25)17-22-11(2)10-14(24-17)18(19,20)21;2-1-3/h4-5,10H,3,6-9H2,1-2H3,(H,23,27);1H,(H,2,3). The summed E-state index contributed by atoms with van der Waals surface area (Å²) in [6.07, 6.45) is -4.03. The molecule has 0 aliphatic carbocycles. The van der Waals surface area contributed by atoms with Gasteiger partial charge in [0.25, 0.3) is 12.4 Å². The number of piperazine rings is 1. The molecule has 12 heteroatoms. The number of aryl methyl sites for hydroxylation is 2. The summed E-state index contributed by atoms with van der Waals surface area (Å²) in [7, 11) is 0. The van der Waals surface area contributed by atoms with Gasteiger partial charge in [-0.05, 0) is 25.5 Å². The summed E-state index contributed by atoms with van der Waals surface area (Å²) in [6.45, 7) is 4.35. The van der Waals surface area contributed by atoms with Gasteiger partial charge in [-0.15, -0.1) is 0 Å². The van der Waals surface area contributed by atoms with E-state index in [9.17, 15) is 22.8 Å². The number of alkyl halides is 3. The van der Waals surface area contributed by atoms with Crippen molar-refractivity contribution in [2.75, 3.05) is 31.1 Å². The Kier molecular flexibility index (Phi) is 7.72. The molecule has 0 spiro atoms. The maximum atomic E-state index is 13.0. The Balaban J connectivity index is 0.00000107. The van der Waals surface area contributed by atoms with Gasteiger partial charge in [0.2, 0.25) is 11.5 Å². The fourth-order valence-corrected chi connectivity index (χ4v) is 3.12. The van der Waals surface area contributed by atoms with Crippen molar-refractivity contribution in [3.8, 4) is 0 Å². The zero-order chi connectivity index (χ0) is 23.2. The molecule has 1 amide bonds. The third-order valence-corrected chi connectivity index (χ3v) is 4.57. The van der Waals surface area contributed by atoms with Gasteiger partial charge in [0, 0.05) is 43.6 Å². The third-order valence-electron chi connectivity index (χ3n) is 4.57. The quantitative estimate of drug-likeness (QED) is 0.696. The second-order valence-corrected chi connectivity index (χ2v) is 6.65. The number of carbonyl (C=O) groups excluding carboxylic acids is 1. The van der Waals surface area contributed by atoms with Crippen molar-refractivity contribution in [3.63, 3.8) is 0 Å². The van der Waals surface area contributed by atoms with Crippen LogP contribution in [0, 0.1) is 6.92 Å². The van der Waals surface area contributed by atoms with Gasteiger partial charge < -0.3 is 19.9 Å². The van der Waals surface area contributed by atoms with E-state index in [1.165, 1.54) is 19.1 Å². The number of nitrogens with zero attached hydrogens (tertiary/aromatic N) is 4. The number of nitrogens with one attached hydrogen (secondary N) is 1. The Morgan fingerprint density at radius 3 is 2.39 bits per heavy atom. The highest BCUT2D eigenvalue weighted by molar-refractivity contribution is 5.95. The van der Waals surface area contributed by atoms with Crippen LogP contribution in [0.1, 0.15) is 34.4 Å². The Hall–Kier alpha value is -3.44. The van der Waals surface area contributed by atoms with E-state index in [0.717, 1.165) is 6.07 Å². The van der Waals surface area contributed by atoms with E-state index in [1.54, 1.807) is 9.80 Å². The average molecular weight is 441 g/mol. The van der Waals surface area contributed by atoms with Crippen LogP contribution in [-0.2, 0) is 17.4 Å². The van der Waals surface area contributed by atoms with Crippen LogP contribution in [0.5, 0.6) is 0 Å². The van der Waals surface area contributed by atoms with Gasteiger partial charge >= 0.3 is 6.18 Å². The number of carbonyl (C=O) groups is 2. The summed E-state index contributed by atoms with van der Waals surface area (Å²) in [5.41, 5.74) is -0.0141. The van der Waals surface area contributed by atoms with Crippen LogP contribution in [0.3, 0.4) is 0 Å². The molecule has 1 aliphatic rings. The second-order valence-electron chi connectivity index (χ2n) is 6.65. The average Bonchev–Trinajstić information content (AvgIpc) is 2.73. The van der Waals surface area contributed by atoms with Crippen molar-refractivity contribution in [1.29, 1.82) is 0 Å². The van der Waals surface area contributed by atoms with Crippen molar-refractivity contribution < 1.29 is 27.9 Å².